The van der Waals surface area contributed by atoms with Gasteiger partial charge < -0.3 is 14.8 Å². The highest BCUT2D eigenvalue weighted by Gasteiger charge is 2.51. The smallest absolute Gasteiger partial charge is 0.228 e. The summed E-state index contributed by atoms with van der Waals surface area (Å²) in [5, 5.41) is 3.18. The highest BCUT2D eigenvalue weighted by Crippen LogP contribution is 2.42. The molecular weight excluding hydrogens is 309 g/mol. The number of carbonyl (C=O) groups is 1. The molecule has 2 aliphatic rings. The lowest BCUT2D eigenvalue weighted by atomic mass is 9.94. The van der Waals surface area contributed by atoms with Crippen LogP contribution >= 0.6 is 0 Å². The van der Waals surface area contributed by atoms with Crippen LogP contribution in [0, 0.1) is 17.7 Å². The molecule has 0 unspecified atom stereocenters. The standard InChI is InChI=1S/C19H26FNO3/c1-13(2)17(12-14-5-7-15(20)8-6-14)21-18(22)16-4-3-9-19(16)23-10-11-24-19/h5-8,13,16-17H,3-4,9-12H2,1-2H3,(H,21,22)/t16-,17-/m0/s1. The zero-order chi connectivity index (χ0) is 17.2. The van der Waals surface area contributed by atoms with Gasteiger partial charge in [-0.05, 0) is 42.9 Å². The predicted octanol–water partition coefficient (Wildman–Crippen LogP) is 3.05. The molecule has 1 N–H and O–H groups in total. The van der Waals surface area contributed by atoms with Gasteiger partial charge in [-0.3, -0.25) is 4.79 Å². The lowest BCUT2D eigenvalue weighted by Crippen LogP contribution is -2.49. The van der Waals surface area contributed by atoms with Crippen molar-refractivity contribution < 1.29 is 18.7 Å². The molecule has 0 radical (unpaired) electrons. The van der Waals surface area contributed by atoms with Gasteiger partial charge in [-0.1, -0.05) is 26.0 Å². The van der Waals surface area contributed by atoms with Crippen LogP contribution in [-0.2, 0) is 20.7 Å². The Morgan fingerprint density at radius 1 is 1.29 bits per heavy atom. The van der Waals surface area contributed by atoms with Crippen LogP contribution in [0.1, 0.15) is 38.7 Å². The summed E-state index contributed by atoms with van der Waals surface area (Å²) in [6, 6.07) is 6.47. The molecule has 0 bridgehead atoms. The Kier molecular flexibility index (Phi) is 5.21. The number of nitrogens with one attached hydrogen (secondary N) is 1. The zero-order valence-corrected chi connectivity index (χ0v) is 14.4. The summed E-state index contributed by atoms with van der Waals surface area (Å²) < 4.78 is 24.6. The van der Waals surface area contributed by atoms with Gasteiger partial charge in [-0.15, -0.1) is 0 Å². The van der Waals surface area contributed by atoms with Crippen molar-refractivity contribution in [2.45, 2.75) is 51.4 Å². The molecule has 1 saturated heterocycles. The minimum atomic E-state index is -0.707. The van der Waals surface area contributed by atoms with E-state index in [1.165, 1.54) is 12.1 Å². The normalized spacial score (nSPS) is 23.8. The molecule has 4 nitrogen and oxygen atoms in total. The van der Waals surface area contributed by atoms with Gasteiger partial charge >= 0.3 is 0 Å². The van der Waals surface area contributed by atoms with Crippen molar-refractivity contribution in [3.8, 4) is 0 Å². The van der Waals surface area contributed by atoms with Gasteiger partial charge in [0.2, 0.25) is 5.91 Å². The van der Waals surface area contributed by atoms with Crippen LogP contribution in [0.2, 0.25) is 0 Å². The number of hydrogen-bond acceptors (Lipinski definition) is 3. The van der Waals surface area contributed by atoms with Crippen LogP contribution in [0.3, 0.4) is 0 Å². The average molecular weight is 335 g/mol. The Labute approximate surface area is 142 Å². The topological polar surface area (TPSA) is 47.6 Å². The van der Waals surface area contributed by atoms with E-state index in [4.69, 9.17) is 9.47 Å². The van der Waals surface area contributed by atoms with E-state index < -0.39 is 5.79 Å². The lowest BCUT2D eigenvalue weighted by Gasteiger charge is -2.31. The van der Waals surface area contributed by atoms with Crippen molar-refractivity contribution in [3.05, 3.63) is 35.6 Å². The molecule has 1 aromatic carbocycles. The molecule has 1 heterocycles. The second-order valence-corrected chi connectivity index (χ2v) is 7.14. The quantitative estimate of drug-likeness (QED) is 0.900. The van der Waals surface area contributed by atoms with Crippen molar-refractivity contribution in [2.75, 3.05) is 13.2 Å². The van der Waals surface area contributed by atoms with E-state index >= 15 is 0 Å². The zero-order valence-electron chi connectivity index (χ0n) is 14.4. The number of halogens is 1. The van der Waals surface area contributed by atoms with E-state index in [9.17, 15) is 9.18 Å². The van der Waals surface area contributed by atoms with E-state index in [1.807, 2.05) is 0 Å². The summed E-state index contributed by atoms with van der Waals surface area (Å²) in [4.78, 5) is 12.8. The SMILES string of the molecule is CC(C)[C@H](Cc1ccc(F)cc1)NC(=O)[C@@H]1CCCC12OCCO2. The second kappa shape index (κ2) is 7.19. The second-order valence-electron chi connectivity index (χ2n) is 7.14. The Bertz CT molecular complexity index is 561. The maximum Gasteiger partial charge on any atom is 0.228 e. The van der Waals surface area contributed by atoms with Gasteiger partial charge in [0.1, 0.15) is 5.82 Å². The minimum Gasteiger partial charge on any atom is -0.352 e. The Balaban J connectivity index is 1.66. The monoisotopic (exact) mass is 335 g/mol. The molecule has 0 aromatic heterocycles. The highest BCUT2D eigenvalue weighted by atomic mass is 19.1. The molecule has 1 aliphatic carbocycles. The van der Waals surface area contributed by atoms with Crippen molar-refractivity contribution in [1.82, 2.24) is 5.32 Å². The van der Waals surface area contributed by atoms with Crippen molar-refractivity contribution >= 4 is 5.91 Å². The molecule has 1 saturated carbocycles. The van der Waals surface area contributed by atoms with Crippen LogP contribution < -0.4 is 5.32 Å². The lowest BCUT2D eigenvalue weighted by molar-refractivity contribution is -0.187. The third kappa shape index (κ3) is 3.62. The fourth-order valence-corrected chi connectivity index (χ4v) is 3.70. The molecule has 3 rings (SSSR count). The van der Waals surface area contributed by atoms with Gasteiger partial charge in [0.15, 0.2) is 5.79 Å². The maximum atomic E-state index is 13.1. The fraction of sp³-hybridized carbons (Fsp3) is 0.632. The van der Waals surface area contributed by atoms with Crippen LogP contribution in [0.15, 0.2) is 24.3 Å². The van der Waals surface area contributed by atoms with E-state index in [2.05, 4.69) is 19.2 Å². The summed E-state index contributed by atoms with van der Waals surface area (Å²) in [5.74, 6) is -0.902. The fourth-order valence-electron chi connectivity index (χ4n) is 3.70. The highest BCUT2D eigenvalue weighted by molar-refractivity contribution is 5.80. The largest absolute Gasteiger partial charge is 0.352 e. The number of benzene rings is 1. The summed E-state index contributed by atoms with van der Waals surface area (Å²) in [6.45, 7) is 5.29. The first-order chi connectivity index (χ1) is 11.5. The summed E-state index contributed by atoms with van der Waals surface area (Å²) in [5.41, 5.74) is 1.02. The summed E-state index contributed by atoms with van der Waals surface area (Å²) in [6.07, 6.45) is 3.22. The number of rotatable bonds is 5. The van der Waals surface area contributed by atoms with Gasteiger partial charge in [0, 0.05) is 12.5 Å². The molecule has 5 heteroatoms. The molecule has 1 aliphatic heterocycles. The number of carbonyl (C=O) groups excluding carboxylic acids is 1. The van der Waals surface area contributed by atoms with Gasteiger partial charge in [0.25, 0.3) is 0 Å². The molecule has 2 atom stereocenters. The first-order valence-corrected chi connectivity index (χ1v) is 8.83. The summed E-state index contributed by atoms with van der Waals surface area (Å²) in [7, 11) is 0. The van der Waals surface area contributed by atoms with E-state index in [0.29, 0.717) is 19.6 Å². The first kappa shape index (κ1) is 17.4. The first-order valence-electron chi connectivity index (χ1n) is 8.83. The molecule has 2 fully saturated rings. The van der Waals surface area contributed by atoms with Gasteiger partial charge in [0.05, 0.1) is 19.1 Å². The van der Waals surface area contributed by atoms with E-state index in [-0.39, 0.29) is 29.6 Å². The van der Waals surface area contributed by atoms with Crippen LogP contribution in [0.5, 0.6) is 0 Å². The third-order valence-electron chi connectivity index (χ3n) is 5.14. The average Bonchev–Trinajstić information content (AvgIpc) is 3.19. The van der Waals surface area contributed by atoms with Crippen molar-refractivity contribution in [2.24, 2.45) is 11.8 Å². The number of amides is 1. The maximum absolute atomic E-state index is 13.1. The van der Waals surface area contributed by atoms with Crippen LogP contribution in [-0.4, -0.2) is 30.9 Å². The predicted molar refractivity (Wildman–Crippen MR) is 88.8 cm³/mol. The molecule has 1 amide bonds. The molecule has 24 heavy (non-hydrogen) atoms. The van der Waals surface area contributed by atoms with Crippen LogP contribution in [0.25, 0.3) is 0 Å². The van der Waals surface area contributed by atoms with Crippen molar-refractivity contribution in [3.63, 3.8) is 0 Å². The number of ether oxygens (including phenoxy) is 2. The van der Waals surface area contributed by atoms with Crippen LogP contribution in [0.4, 0.5) is 4.39 Å². The van der Waals surface area contributed by atoms with Gasteiger partial charge in [-0.2, -0.15) is 0 Å². The van der Waals surface area contributed by atoms with Gasteiger partial charge in [-0.25, -0.2) is 4.39 Å². The Hall–Kier alpha value is -1.46. The Morgan fingerprint density at radius 2 is 1.96 bits per heavy atom. The molecule has 1 aromatic rings. The van der Waals surface area contributed by atoms with Crippen molar-refractivity contribution in [1.29, 1.82) is 0 Å². The third-order valence-corrected chi connectivity index (χ3v) is 5.14. The van der Waals surface area contributed by atoms with E-state index in [1.54, 1.807) is 12.1 Å². The minimum absolute atomic E-state index is 0.00187. The number of hydrogen-bond donors (Lipinski definition) is 1. The molecule has 1 spiro atoms. The summed E-state index contributed by atoms with van der Waals surface area (Å²) >= 11 is 0. The molecular formula is C19H26FNO3. The molecule has 132 valence electrons. The Morgan fingerprint density at radius 3 is 2.58 bits per heavy atom. The van der Waals surface area contributed by atoms with E-state index in [0.717, 1.165) is 24.8 Å².